The minimum Gasteiger partial charge on any atom is -0.352 e. The van der Waals surface area contributed by atoms with E-state index < -0.39 is 5.54 Å². The Balaban J connectivity index is 1.81. The van der Waals surface area contributed by atoms with Crippen LogP contribution in [0.5, 0.6) is 0 Å². The quantitative estimate of drug-likeness (QED) is 0.726. The highest BCUT2D eigenvalue weighted by molar-refractivity contribution is 5.99. The van der Waals surface area contributed by atoms with Crippen LogP contribution < -0.4 is 5.32 Å². The number of aromatic nitrogens is 3. The van der Waals surface area contributed by atoms with Crippen molar-refractivity contribution in [3.05, 3.63) is 53.3 Å². The van der Waals surface area contributed by atoms with Crippen molar-refractivity contribution in [3.63, 3.8) is 0 Å². The summed E-state index contributed by atoms with van der Waals surface area (Å²) in [6, 6.07) is 10.2. The van der Waals surface area contributed by atoms with Gasteiger partial charge in [0.05, 0.1) is 11.9 Å². The molecule has 7 heteroatoms. The maximum absolute atomic E-state index is 13.3. The van der Waals surface area contributed by atoms with Gasteiger partial charge in [0.2, 0.25) is 5.91 Å². The van der Waals surface area contributed by atoms with Crippen LogP contribution in [0.2, 0.25) is 0 Å². The second kappa shape index (κ2) is 7.23. The Kier molecular flexibility index (Phi) is 4.84. The molecular weight excluding hydrogens is 378 g/mol. The zero-order valence-electron chi connectivity index (χ0n) is 18.1. The number of carbonyl (C=O) groups excluding carboxylic acids is 2. The number of aryl methyl sites for hydroxylation is 1. The summed E-state index contributed by atoms with van der Waals surface area (Å²) in [4.78, 5) is 31.7. The largest absolute Gasteiger partial charge is 0.352 e. The number of carbonyl (C=O) groups is 2. The fourth-order valence-electron chi connectivity index (χ4n) is 3.87. The van der Waals surface area contributed by atoms with Crippen molar-refractivity contribution in [2.24, 2.45) is 0 Å². The number of piperazine rings is 1. The zero-order chi connectivity index (χ0) is 21.6. The fraction of sp³-hybridized carbons (Fsp3) is 0.391. The number of nitrogens with zero attached hydrogens (tertiary/aromatic N) is 4. The molecule has 2 aromatic heterocycles. The monoisotopic (exact) mass is 405 g/mol. The highest BCUT2D eigenvalue weighted by Gasteiger charge is 2.41. The van der Waals surface area contributed by atoms with Gasteiger partial charge in [-0.3, -0.25) is 9.59 Å². The van der Waals surface area contributed by atoms with Crippen molar-refractivity contribution in [1.29, 1.82) is 0 Å². The molecule has 1 fully saturated rings. The van der Waals surface area contributed by atoms with Crippen LogP contribution in [0.1, 0.15) is 55.2 Å². The van der Waals surface area contributed by atoms with E-state index >= 15 is 0 Å². The summed E-state index contributed by atoms with van der Waals surface area (Å²) in [6.07, 6.45) is 1.67. The molecule has 0 bridgehead atoms. The number of hydrogen-bond acceptors (Lipinski definition) is 4. The third kappa shape index (κ3) is 3.34. The van der Waals surface area contributed by atoms with Crippen molar-refractivity contribution in [2.45, 2.75) is 46.1 Å². The summed E-state index contributed by atoms with van der Waals surface area (Å²) < 4.78 is 1.69. The summed E-state index contributed by atoms with van der Waals surface area (Å²) in [5, 5.41) is 7.55. The molecule has 0 saturated carbocycles. The highest BCUT2D eigenvalue weighted by atomic mass is 16.2. The molecule has 3 heterocycles. The van der Waals surface area contributed by atoms with Crippen LogP contribution >= 0.6 is 0 Å². The van der Waals surface area contributed by atoms with Gasteiger partial charge >= 0.3 is 0 Å². The molecule has 1 aliphatic rings. The van der Waals surface area contributed by atoms with Crippen LogP contribution in [0.15, 0.2) is 36.5 Å². The van der Waals surface area contributed by atoms with E-state index in [2.05, 4.69) is 43.2 Å². The lowest BCUT2D eigenvalue weighted by Crippen LogP contribution is -2.63. The first-order valence-electron chi connectivity index (χ1n) is 10.3. The predicted octanol–water partition coefficient (Wildman–Crippen LogP) is 3.18. The van der Waals surface area contributed by atoms with Crippen molar-refractivity contribution in [3.8, 4) is 11.3 Å². The fourth-order valence-corrected chi connectivity index (χ4v) is 3.87. The summed E-state index contributed by atoms with van der Waals surface area (Å²) >= 11 is 0. The van der Waals surface area contributed by atoms with Crippen molar-refractivity contribution < 1.29 is 9.59 Å². The third-order valence-electron chi connectivity index (χ3n) is 5.71. The SMILES string of the molecule is Cc1cccc(-c2cc(C(C)C)c3nc(C(=O)N4CCNC(=O)C4(C)C)cn3n2)c1. The second-order valence-electron chi connectivity index (χ2n) is 8.68. The van der Waals surface area contributed by atoms with Gasteiger partial charge in [0.1, 0.15) is 11.2 Å². The molecule has 4 rings (SSSR count). The maximum Gasteiger partial charge on any atom is 0.275 e. The van der Waals surface area contributed by atoms with E-state index in [1.807, 2.05) is 18.2 Å². The topological polar surface area (TPSA) is 79.6 Å². The first kappa shape index (κ1) is 20.1. The Morgan fingerprint density at radius 1 is 1.23 bits per heavy atom. The number of hydrogen-bond donors (Lipinski definition) is 1. The molecule has 7 nitrogen and oxygen atoms in total. The van der Waals surface area contributed by atoms with E-state index in [1.165, 1.54) is 0 Å². The van der Waals surface area contributed by atoms with Gasteiger partial charge < -0.3 is 10.2 Å². The van der Waals surface area contributed by atoms with Crippen molar-refractivity contribution in [2.75, 3.05) is 13.1 Å². The summed E-state index contributed by atoms with van der Waals surface area (Å²) in [7, 11) is 0. The van der Waals surface area contributed by atoms with Gasteiger partial charge in [-0.15, -0.1) is 0 Å². The van der Waals surface area contributed by atoms with Gasteiger partial charge in [-0.1, -0.05) is 37.6 Å². The van der Waals surface area contributed by atoms with E-state index in [-0.39, 0.29) is 17.7 Å². The van der Waals surface area contributed by atoms with Crippen molar-refractivity contribution in [1.82, 2.24) is 24.8 Å². The summed E-state index contributed by atoms with van der Waals surface area (Å²) in [6.45, 7) is 10.6. The van der Waals surface area contributed by atoms with E-state index in [4.69, 9.17) is 5.10 Å². The average molecular weight is 406 g/mol. The number of amides is 2. The second-order valence-corrected chi connectivity index (χ2v) is 8.68. The molecule has 30 heavy (non-hydrogen) atoms. The number of rotatable bonds is 3. The average Bonchev–Trinajstić information content (AvgIpc) is 3.12. The van der Waals surface area contributed by atoms with Crippen LogP contribution in [0.25, 0.3) is 16.9 Å². The van der Waals surface area contributed by atoms with Crippen LogP contribution in [0.3, 0.4) is 0 Å². The van der Waals surface area contributed by atoms with E-state index in [9.17, 15) is 9.59 Å². The van der Waals surface area contributed by atoms with Crippen LogP contribution in [0.4, 0.5) is 0 Å². The molecule has 1 aromatic carbocycles. The summed E-state index contributed by atoms with van der Waals surface area (Å²) in [5.41, 5.74) is 4.09. The van der Waals surface area contributed by atoms with E-state index in [1.54, 1.807) is 29.5 Å². The van der Waals surface area contributed by atoms with Gasteiger partial charge in [0.25, 0.3) is 5.91 Å². The van der Waals surface area contributed by atoms with Crippen LogP contribution in [-0.2, 0) is 4.79 Å². The van der Waals surface area contributed by atoms with Crippen LogP contribution in [0, 0.1) is 6.92 Å². The summed E-state index contributed by atoms with van der Waals surface area (Å²) in [5.74, 6) is -0.206. The maximum atomic E-state index is 13.3. The van der Waals surface area contributed by atoms with Crippen molar-refractivity contribution >= 4 is 17.5 Å². The first-order chi connectivity index (χ1) is 14.2. The van der Waals surface area contributed by atoms with Gasteiger partial charge in [0, 0.05) is 24.2 Å². The Hall–Kier alpha value is -3.22. The van der Waals surface area contributed by atoms with E-state index in [0.29, 0.717) is 24.4 Å². The molecule has 0 radical (unpaired) electrons. The Labute approximate surface area is 176 Å². The number of fused-ring (bicyclic) bond motifs is 1. The molecule has 156 valence electrons. The van der Waals surface area contributed by atoms with Gasteiger partial charge in [-0.2, -0.15) is 5.10 Å². The molecular formula is C23H27N5O2. The molecule has 1 aliphatic heterocycles. The molecule has 2 amide bonds. The lowest BCUT2D eigenvalue weighted by molar-refractivity contribution is -0.133. The van der Waals surface area contributed by atoms with E-state index in [0.717, 1.165) is 22.4 Å². The normalized spacial score (nSPS) is 16.2. The highest BCUT2D eigenvalue weighted by Crippen LogP contribution is 2.27. The predicted molar refractivity (Wildman–Crippen MR) is 115 cm³/mol. The van der Waals surface area contributed by atoms with Gasteiger partial charge in [-0.05, 0) is 38.8 Å². The third-order valence-corrected chi connectivity index (χ3v) is 5.71. The molecule has 0 unspecified atom stereocenters. The minimum atomic E-state index is -0.924. The molecule has 0 atom stereocenters. The Morgan fingerprint density at radius 2 is 2.00 bits per heavy atom. The van der Waals surface area contributed by atoms with Gasteiger partial charge in [0.15, 0.2) is 5.65 Å². The molecule has 3 aromatic rings. The molecule has 1 saturated heterocycles. The number of benzene rings is 1. The molecule has 0 aliphatic carbocycles. The Bertz CT molecular complexity index is 1150. The minimum absolute atomic E-state index is 0.159. The number of imidazole rings is 1. The molecule has 1 N–H and O–H groups in total. The Morgan fingerprint density at radius 3 is 2.70 bits per heavy atom. The standard InChI is InChI=1S/C23H27N5O2/c1-14(2)17-12-18(16-8-6-7-15(3)11-16)26-28-13-19(25-20(17)28)21(29)27-10-9-24-22(30)23(27,4)5/h6-8,11-14H,9-10H2,1-5H3,(H,24,30). The molecule has 0 spiro atoms. The number of nitrogens with one attached hydrogen (secondary N) is 1. The zero-order valence-corrected chi connectivity index (χ0v) is 18.1. The lowest BCUT2D eigenvalue weighted by atomic mass is 9.98. The lowest BCUT2D eigenvalue weighted by Gasteiger charge is -2.40. The smallest absolute Gasteiger partial charge is 0.275 e. The van der Waals surface area contributed by atoms with Gasteiger partial charge in [-0.25, -0.2) is 9.50 Å². The first-order valence-corrected chi connectivity index (χ1v) is 10.3. The van der Waals surface area contributed by atoms with Crippen LogP contribution in [-0.4, -0.2) is 49.9 Å².